The molecular formula is C28H22N2O2. The lowest BCUT2D eigenvalue weighted by Gasteiger charge is -2.11. The van der Waals surface area contributed by atoms with E-state index in [9.17, 15) is 9.59 Å². The van der Waals surface area contributed by atoms with E-state index in [4.69, 9.17) is 0 Å². The second kappa shape index (κ2) is 10.0. The van der Waals surface area contributed by atoms with Gasteiger partial charge in [0.15, 0.2) is 0 Å². The van der Waals surface area contributed by atoms with Gasteiger partial charge in [-0.05, 0) is 35.4 Å². The normalized spacial score (nSPS) is 11.1. The topological polar surface area (TPSA) is 58.2 Å². The van der Waals surface area contributed by atoms with E-state index in [0.29, 0.717) is 11.4 Å². The SMILES string of the molecule is O=C(/C=C/c1ccccc1)Nc1cccc2c(NC(=O)/C=C/c3ccccc3)cccc12. The van der Waals surface area contributed by atoms with Gasteiger partial charge in [-0.3, -0.25) is 9.59 Å². The van der Waals surface area contributed by atoms with Gasteiger partial charge in [0.25, 0.3) is 0 Å². The summed E-state index contributed by atoms with van der Waals surface area (Å²) in [5.74, 6) is -0.442. The van der Waals surface area contributed by atoms with Crippen LogP contribution in [0, 0.1) is 0 Å². The average Bonchev–Trinajstić information content (AvgIpc) is 2.83. The summed E-state index contributed by atoms with van der Waals surface area (Å²) in [6, 6.07) is 30.5. The molecule has 0 saturated carbocycles. The average molecular weight is 418 g/mol. The van der Waals surface area contributed by atoms with E-state index in [1.165, 1.54) is 12.2 Å². The first-order valence-corrected chi connectivity index (χ1v) is 10.3. The van der Waals surface area contributed by atoms with Crippen molar-refractivity contribution >= 4 is 46.1 Å². The summed E-state index contributed by atoms with van der Waals surface area (Å²) in [5, 5.41) is 7.55. The van der Waals surface area contributed by atoms with E-state index in [1.54, 1.807) is 12.2 Å². The summed E-state index contributed by atoms with van der Waals surface area (Å²) < 4.78 is 0. The molecule has 0 bridgehead atoms. The van der Waals surface area contributed by atoms with Gasteiger partial charge in [0.2, 0.25) is 11.8 Å². The number of carbonyl (C=O) groups excluding carboxylic acids is 2. The molecule has 0 fully saturated rings. The molecule has 0 aliphatic carbocycles. The molecule has 0 spiro atoms. The van der Waals surface area contributed by atoms with Crippen molar-refractivity contribution < 1.29 is 9.59 Å². The van der Waals surface area contributed by atoms with Crippen molar-refractivity contribution in [2.24, 2.45) is 0 Å². The third-order valence-corrected chi connectivity index (χ3v) is 4.89. The van der Waals surface area contributed by atoms with Crippen LogP contribution in [0.1, 0.15) is 11.1 Å². The lowest BCUT2D eigenvalue weighted by atomic mass is 10.1. The fourth-order valence-corrected chi connectivity index (χ4v) is 3.35. The Morgan fingerprint density at radius 2 is 0.906 bits per heavy atom. The van der Waals surface area contributed by atoms with Gasteiger partial charge < -0.3 is 10.6 Å². The third-order valence-electron chi connectivity index (χ3n) is 4.89. The smallest absolute Gasteiger partial charge is 0.248 e. The first kappa shape index (κ1) is 20.8. The Bertz CT molecular complexity index is 1190. The quantitative estimate of drug-likeness (QED) is 0.369. The lowest BCUT2D eigenvalue weighted by Crippen LogP contribution is -2.10. The highest BCUT2D eigenvalue weighted by atomic mass is 16.2. The first-order valence-electron chi connectivity index (χ1n) is 10.3. The van der Waals surface area contributed by atoms with Crippen molar-refractivity contribution in [2.45, 2.75) is 0 Å². The van der Waals surface area contributed by atoms with Crippen molar-refractivity contribution in [3.63, 3.8) is 0 Å². The molecule has 0 aromatic heterocycles. The monoisotopic (exact) mass is 418 g/mol. The second-order valence-electron chi connectivity index (χ2n) is 7.17. The van der Waals surface area contributed by atoms with E-state index in [2.05, 4.69) is 10.6 Å². The van der Waals surface area contributed by atoms with Gasteiger partial charge in [-0.2, -0.15) is 0 Å². The van der Waals surface area contributed by atoms with Gasteiger partial charge in [-0.25, -0.2) is 0 Å². The Balaban J connectivity index is 1.51. The van der Waals surface area contributed by atoms with Crippen LogP contribution in [0.2, 0.25) is 0 Å². The van der Waals surface area contributed by atoms with E-state index in [1.807, 2.05) is 97.1 Å². The number of carbonyl (C=O) groups is 2. The highest BCUT2D eigenvalue weighted by Crippen LogP contribution is 2.29. The van der Waals surface area contributed by atoms with Crippen LogP contribution in [0.25, 0.3) is 22.9 Å². The maximum absolute atomic E-state index is 12.4. The summed E-state index contributed by atoms with van der Waals surface area (Å²) in [6.07, 6.45) is 6.55. The van der Waals surface area contributed by atoms with E-state index >= 15 is 0 Å². The number of hydrogen-bond acceptors (Lipinski definition) is 2. The van der Waals surface area contributed by atoms with Crippen LogP contribution in [0.4, 0.5) is 11.4 Å². The van der Waals surface area contributed by atoms with Gasteiger partial charge in [-0.15, -0.1) is 0 Å². The molecule has 0 saturated heterocycles. The zero-order valence-corrected chi connectivity index (χ0v) is 17.4. The van der Waals surface area contributed by atoms with Crippen molar-refractivity contribution in [3.05, 3.63) is 120 Å². The largest absolute Gasteiger partial charge is 0.322 e. The van der Waals surface area contributed by atoms with Crippen LogP contribution in [0.5, 0.6) is 0 Å². The zero-order valence-electron chi connectivity index (χ0n) is 17.4. The van der Waals surface area contributed by atoms with Gasteiger partial charge in [0, 0.05) is 34.3 Å². The number of anilines is 2. The van der Waals surface area contributed by atoms with Gasteiger partial charge in [-0.1, -0.05) is 84.9 Å². The van der Waals surface area contributed by atoms with Crippen molar-refractivity contribution in [1.82, 2.24) is 0 Å². The van der Waals surface area contributed by atoms with Crippen LogP contribution in [0.15, 0.2) is 109 Å². The van der Waals surface area contributed by atoms with Crippen LogP contribution in [0.3, 0.4) is 0 Å². The lowest BCUT2D eigenvalue weighted by molar-refractivity contribution is -0.112. The molecule has 156 valence electrons. The molecule has 0 radical (unpaired) electrons. The molecule has 0 aliphatic rings. The van der Waals surface area contributed by atoms with E-state index in [0.717, 1.165) is 21.9 Å². The highest BCUT2D eigenvalue weighted by molar-refractivity contribution is 6.12. The predicted molar refractivity (Wildman–Crippen MR) is 132 cm³/mol. The second-order valence-corrected chi connectivity index (χ2v) is 7.17. The number of amides is 2. The molecule has 2 N–H and O–H groups in total. The maximum Gasteiger partial charge on any atom is 0.248 e. The Labute approximate surface area is 186 Å². The molecule has 4 aromatic rings. The number of nitrogens with one attached hydrogen (secondary N) is 2. The minimum absolute atomic E-state index is 0.221. The number of benzene rings is 4. The summed E-state index contributed by atoms with van der Waals surface area (Å²) in [5.41, 5.74) is 3.27. The standard InChI is InChI=1S/C28H22N2O2/c31-27(19-17-21-9-3-1-4-10-21)29-25-15-7-14-24-23(25)13-8-16-26(24)30-28(32)20-18-22-11-5-2-6-12-22/h1-20H,(H,29,31)(H,30,32)/b19-17+,20-18+. The van der Waals surface area contributed by atoms with Crippen LogP contribution in [-0.2, 0) is 9.59 Å². The molecule has 2 amide bonds. The van der Waals surface area contributed by atoms with Crippen molar-refractivity contribution in [3.8, 4) is 0 Å². The van der Waals surface area contributed by atoms with Crippen LogP contribution in [-0.4, -0.2) is 11.8 Å². The minimum Gasteiger partial charge on any atom is -0.322 e. The molecule has 0 aliphatic heterocycles. The maximum atomic E-state index is 12.4. The summed E-state index contributed by atoms with van der Waals surface area (Å²) in [6.45, 7) is 0. The van der Waals surface area contributed by atoms with Gasteiger partial charge in [0.05, 0.1) is 0 Å². The molecular weight excluding hydrogens is 396 g/mol. The molecule has 0 unspecified atom stereocenters. The van der Waals surface area contributed by atoms with Crippen molar-refractivity contribution in [1.29, 1.82) is 0 Å². The van der Waals surface area contributed by atoms with E-state index < -0.39 is 0 Å². The van der Waals surface area contributed by atoms with E-state index in [-0.39, 0.29) is 11.8 Å². The Kier molecular flexibility index (Phi) is 6.54. The molecule has 32 heavy (non-hydrogen) atoms. The summed E-state index contributed by atoms with van der Waals surface area (Å²) in [7, 11) is 0. The molecule has 4 heteroatoms. The molecule has 4 rings (SSSR count). The fourth-order valence-electron chi connectivity index (χ4n) is 3.35. The first-order chi connectivity index (χ1) is 15.7. The third kappa shape index (κ3) is 5.37. The molecule has 4 nitrogen and oxygen atoms in total. The van der Waals surface area contributed by atoms with Gasteiger partial charge >= 0.3 is 0 Å². The zero-order chi connectivity index (χ0) is 22.2. The van der Waals surface area contributed by atoms with Crippen molar-refractivity contribution in [2.75, 3.05) is 10.6 Å². The predicted octanol–water partition coefficient (Wildman–Crippen LogP) is 6.14. The van der Waals surface area contributed by atoms with Crippen LogP contribution >= 0.6 is 0 Å². The number of hydrogen-bond donors (Lipinski definition) is 2. The Morgan fingerprint density at radius 1 is 0.500 bits per heavy atom. The van der Waals surface area contributed by atoms with Crippen LogP contribution < -0.4 is 10.6 Å². The fraction of sp³-hybridized carbons (Fsp3) is 0. The summed E-state index contributed by atoms with van der Waals surface area (Å²) in [4.78, 5) is 24.9. The Hall–Kier alpha value is -4.44. The minimum atomic E-state index is -0.221. The van der Waals surface area contributed by atoms with Gasteiger partial charge in [0.1, 0.15) is 0 Å². The Morgan fingerprint density at radius 3 is 1.31 bits per heavy atom. The highest BCUT2D eigenvalue weighted by Gasteiger charge is 2.08. The summed E-state index contributed by atoms with van der Waals surface area (Å²) >= 11 is 0. The number of rotatable bonds is 6. The number of fused-ring (bicyclic) bond motifs is 1. The molecule has 0 atom stereocenters. The molecule has 4 aromatic carbocycles. The molecule has 0 heterocycles.